The Kier molecular flexibility index (Phi) is 4.34. The number of amides is 1. The van der Waals surface area contributed by atoms with Crippen LogP contribution in [0.2, 0.25) is 0 Å². The highest BCUT2D eigenvalue weighted by atomic mass is 16.5. The third-order valence-electron chi connectivity index (χ3n) is 3.58. The third kappa shape index (κ3) is 3.27. The van der Waals surface area contributed by atoms with Crippen molar-refractivity contribution in [2.24, 2.45) is 0 Å². The fourth-order valence-corrected chi connectivity index (χ4v) is 2.50. The average molecular weight is 341 g/mol. The summed E-state index contributed by atoms with van der Waals surface area (Å²) < 4.78 is 10.6. The number of benzene rings is 1. The van der Waals surface area contributed by atoms with E-state index in [1.54, 1.807) is 12.1 Å². The monoisotopic (exact) mass is 341 g/mol. The SMILES string of the molecule is COc1ncncc1C(=O)NCc1cc2cc(C)cc(C(=O)O)c2o1. The number of aromatic carboxylic acids is 1. The van der Waals surface area contributed by atoms with Crippen LogP contribution < -0.4 is 10.1 Å². The lowest BCUT2D eigenvalue weighted by molar-refractivity contribution is 0.0697. The van der Waals surface area contributed by atoms with Crippen molar-refractivity contribution < 1.29 is 23.8 Å². The molecule has 0 saturated heterocycles. The number of furan rings is 1. The number of aromatic nitrogens is 2. The van der Waals surface area contributed by atoms with Gasteiger partial charge < -0.3 is 19.6 Å². The van der Waals surface area contributed by atoms with Gasteiger partial charge in [0.25, 0.3) is 5.91 Å². The van der Waals surface area contributed by atoms with E-state index in [4.69, 9.17) is 9.15 Å². The molecule has 0 aliphatic carbocycles. The molecular formula is C17H15N3O5. The Morgan fingerprint density at radius 1 is 1.28 bits per heavy atom. The Hall–Kier alpha value is -3.42. The number of hydrogen-bond acceptors (Lipinski definition) is 6. The second kappa shape index (κ2) is 6.60. The predicted octanol–water partition coefficient (Wildman–Crippen LogP) is 2.17. The molecule has 0 aliphatic rings. The summed E-state index contributed by atoms with van der Waals surface area (Å²) in [6.45, 7) is 1.89. The van der Waals surface area contributed by atoms with Crippen LogP contribution in [0.3, 0.4) is 0 Å². The van der Waals surface area contributed by atoms with Crippen LogP contribution in [0.4, 0.5) is 0 Å². The molecule has 8 heteroatoms. The van der Waals surface area contributed by atoms with Gasteiger partial charge in [0.15, 0.2) is 0 Å². The molecule has 0 atom stereocenters. The standard InChI is InChI=1S/C17H15N3O5/c1-9-3-10-5-11(25-14(10)12(4-9)17(22)23)6-19-15(21)13-7-18-8-20-16(13)24-2/h3-5,7-8H,6H2,1-2H3,(H,19,21)(H,22,23). The van der Waals surface area contributed by atoms with Gasteiger partial charge in [-0.15, -0.1) is 0 Å². The maximum absolute atomic E-state index is 12.2. The maximum Gasteiger partial charge on any atom is 0.339 e. The second-order valence-electron chi connectivity index (χ2n) is 5.38. The van der Waals surface area contributed by atoms with Gasteiger partial charge in [-0.05, 0) is 30.7 Å². The van der Waals surface area contributed by atoms with Gasteiger partial charge in [0.1, 0.15) is 28.8 Å². The van der Waals surface area contributed by atoms with Gasteiger partial charge in [-0.2, -0.15) is 0 Å². The molecule has 0 spiro atoms. The number of methoxy groups -OCH3 is 1. The fraction of sp³-hybridized carbons (Fsp3) is 0.176. The molecule has 0 unspecified atom stereocenters. The van der Waals surface area contributed by atoms with E-state index in [0.717, 1.165) is 5.56 Å². The molecule has 2 aromatic heterocycles. The lowest BCUT2D eigenvalue weighted by Gasteiger charge is -2.06. The maximum atomic E-state index is 12.2. The number of aryl methyl sites for hydroxylation is 1. The topological polar surface area (TPSA) is 115 Å². The molecular weight excluding hydrogens is 326 g/mol. The van der Waals surface area contributed by atoms with Gasteiger partial charge in [0.2, 0.25) is 5.88 Å². The molecule has 128 valence electrons. The number of ether oxygens (including phenoxy) is 1. The molecule has 1 aromatic carbocycles. The molecule has 0 saturated carbocycles. The quantitative estimate of drug-likeness (QED) is 0.731. The number of nitrogens with zero attached hydrogens (tertiary/aromatic N) is 2. The number of hydrogen-bond donors (Lipinski definition) is 2. The van der Waals surface area contributed by atoms with Gasteiger partial charge in [-0.3, -0.25) is 4.79 Å². The Labute approximate surface area is 142 Å². The largest absolute Gasteiger partial charge is 0.480 e. The summed E-state index contributed by atoms with van der Waals surface area (Å²) in [7, 11) is 1.41. The zero-order valence-corrected chi connectivity index (χ0v) is 13.6. The van der Waals surface area contributed by atoms with Crippen LogP contribution in [-0.4, -0.2) is 34.1 Å². The minimum Gasteiger partial charge on any atom is -0.480 e. The highest BCUT2D eigenvalue weighted by Crippen LogP contribution is 2.25. The van der Waals surface area contributed by atoms with Gasteiger partial charge in [-0.1, -0.05) is 0 Å². The Morgan fingerprint density at radius 3 is 2.80 bits per heavy atom. The van der Waals surface area contributed by atoms with Gasteiger partial charge in [0, 0.05) is 11.6 Å². The third-order valence-corrected chi connectivity index (χ3v) is 3.58. The number of rotatable bonds is 5. The molecule has 3 aromatic rings. The number of carbonyl (C=O) groups is 2. The molecule has 0 bridgehead atoms. The van der Waals surface area contributed by atoms with Crippen molar-refractivity contribution in [2.75, 3.05) is 7.11 Å². The number of carboxylic acid groups (broad SMARTS) is 1. The molecule has 0 aliphatic heterocycles. The summed E-state index contributed by atoms with van der Waals surface area (Å²) in [4.78, 5) is 31.2. The van der Waals surface area contributed by atoms with Crippen LogP contribution in [0.25, 0.3) is 11.0 Å². The molecule has 1 amide bonds. The summed E-state index contributed by atoms with van der Waals surface area (Å²) in [5.41, 5.74) is 1.38. The average Bonchev–Trinajstić information content (AvgIpc) is 3.01. The fourth-order valence-electron chi connectivity index (χ4n) is 2.50. The number of carbonyl (C=O) groups excluding carboxylic acids is 1. The van der Waals surface area contributed by atoms with Crippen LogP contribution in [0, 0.1) is 6.92 Å². The van der Waals surface area contributed by atoms with Gasteiger partial charge >= 0.3 is 5.97 Å². The van der Waals surface area contributed by atoms with Crippen molar-refractivity contribution in [3.8, 4) is 5.88 Å². The molecule has 8 nitrogen and oxygen atoms in total. The first kappa shape index (κ1) is 16.4. The Bertz CT molecular complexity index is 964. The molecule has 2 N–H and O–H groups in total. The van der Waals surface area contributed by atoms with E-state index in [-0.39, 0.29) is 29.1 Å². The van der Waals surface area contributed by atoms with Crippen molar-refractivity contribution in [2.45, 2.75) is 13.5 Å². The lowest BCUT2D eigenvalue weighted by Crippen LogP contribution is -2.23. The predicted molar refractivity (Wildman–Crippen MR) is 87.7 cm³/mol. The normalized spacial score (nSPS) is 10.6. The number of carboxylic acids is 1. The summed E-state index contributed by atoms with van der Waals surface area (Å²) >= 11 is 0. The summed E-state index contributed by atoms with van der Waals surface area (Å²) in [5, 5.41) is 12.6. The van der Waals surface area contributed by atoms with Gasteiger partial charge in [-0.25, -0.2) is 14.8 Å². The highest BCUT2D eigenvalue weighted by Gasteiger charge is 2.17. The van der Waals surface area contributed by atoms with Crippen molar-refractivity contribution in [3.05, 3.63) is 53.2 Å². The van der Waals surface area contributed by atoms with E-state index in [1.807, 2.05) is 13.0 Å². The lowest BCUT2D eigenvalue weighted by atomic mass is 10.1. The molecule has 2 heterocycles. The first-order valence-corrected chi connectivity index (χ1v) is 7.38. The van der Waals surface area contributed by atoms with E-state index in [9.17, 15) is 14.7 Å². The first-order valence-electron chi connectivity index (χ1n) is 7.38. The van der Waals surface area contributed by atoms with Crippen molar-refractivity contribution in [1.29, 1.82) is 0 Å². The van der Waals surface area contributed by atoms with Crippen molar-refractivity contribution in [1.82, 2.24) is 15.3 Å². The van der Waals surface area contributed by atoms with Crippen molar-refractivity contribution in [3.63, 3.8) is 0 Å². The van der Waals surface area contributed by atoms with E-state index < -0.39 is 11.9 Å². The van der Waals surface area contributed by atoms with Crippen LogP contribution in [-0.2, 0) is 6.54 Å². The van der Waals surface area contributed by atoms with E-state index in [2.05, 4.69) is 15.3 Å². The minimum absolute atomic E-state index is 0.0870. The van der Waals surface area contributed by atoms with Crippen LogP contribution in [0.1, 0.15) is 32.0 Å². The second-order valence-corrected chi connectivity index (χ2v) is 5.38. The van der Waals surface area contributed by atoms with Crippen LogP contribution in [0.5, 0.6) is 5.88 Å². The minimum atomic E-state index is -1.06. The van der Waals surface area contributed by atoms with Crippen LogP contribution in [0.15, 0.2) is 35.1 Å². The molecule has 25 heavy (non-hydrogen) atoms. The summed E-state index contributed by atoms with van der Waals surface area (Å²) in [5.74, 6) is -0.884. The van der Waals surface area contributed by atoms with Crippen molar-refractivity contribution >= 4 is 22.8 Å². The number of nitrogens with one attached hydrogen (secondary N) is 1. The van der Waals surface area contributed by atoms with E-state index in [1.165, 1.54) is 19.6 Å². The van der Waals surface area contributed by atoms with E-state index in [0.29, 0.717) is 11.1 Å². The zero-order valence-electron chi connectivity index (χ0n) is 13.6. The van der Waals surface area contributed by atoms with E-state index >= 15 is 0 Å². The Morgan fingerprint density at radius 2 is 2.08 bits per heavy atom. The Balaban J connectivity index is 1.83. The highest BCUT2D eigenvalue weighted by molar-refractivity contribution is 6.01. The van der Waals surface area contributed by atoms with Crippen LogP contribution >= 0.6 is 0 Å². The first-order chi connectivity index (χ1) is 12.0. The summed E-state index contributed by atoms with van der Waals surface area (Å²) in [6.07, 6.45) is 2.64. The molecule has 0 radical (unpaired) electrons. The number of fused-ring (bicyclic) bond motifs is 1. The molecule has 3 rings (SSSR count). The molecule has 0 fully saturated rings. The summed E-state index contributed by atoms with van der Waals surface area (Å²) in [6, 6.07) is 5.07. The smallest absolute Gasteiger partial charge is 0.339 e. The zero-order chi connectivity index (χ0) is 18.0. The van der Waals surface area contributed by atoms with Gasteiger partial charge in [0.05, 0.1) is 13.7 Å².